The molecular weight excluding hydrogens is 228 g/mol. The number of nitrogens with zero attached hydrogens (tertiary/aromatic N) is 2. The summed E-state index contributed by atoms with van der Waals surface area (Å²) in [6, 6.07) is 5.66. The molecule has 2 rings (SSSR count). The van der Waals surface area contributed by atoms with Crippen molar-refractivity contribution in [1.82, 2.24) is 9.88 Å². The molecule has 1 saturated heterocycles. The molecule has 2 heterocycles. The van der Waals surface area contributed by atoms with Gasteiger partial charge < -0.3 is 15.5 Å². The van der Waals surface area contributed by atoms with Crippen LogP contribution in [-0.2, 0) is 4.79 Å². The van der Waals surface area contributed by atoms with Crippen LogP contribution >= 0.6 is 0 Å². The van der Waals surface area contributed by atoms with Gasteiger partial charge in [-0.05, 0) is 31.4 Å². The van der Waals surface area contributed by atoms with Crippen LogP contribution in [0.5, 0.6) is 0 Å². The Morgan fingerprint density at radius 1 is 1.28 bits per heavy atom. The number of anilines is 2. The third-order valence-corrected chi connectivity index (χ3v) is 3.13. The monoisotopic (exact) mass is 248 g/mol. The highest BCUT2D eigenvalue weighted by Crippen LogP contribution is 2.10. The third kappa shape index (κ3) is 3.35. The van der Waals surface area contributed by atoms with E-state index < -0.39 is 0 Å². The van der Waals surface area contributed by atoms with Gasteiger partial charge in [-0.15, -0.1) is 0 Å². The Balaban J connectivity index is 1.84. The summed E-state index contributed by atoms with van der Waals surface area (Å²) in [6.45, 7) is 2.11. The summed E-state index contributed by atoms with van der Waals surface area (Å²) < 4.78 is 0. The zero-order valence-electron chi connectivity index (χ0n) is 10.8. The van der Waals surface area contributed by atoms with Crippen LogP contribution in [0.2, 0.25) is 0 Å². The zero-order valence-corrected chi connectivity index (χ0v) is 10.8. The summed E-state index contributed by atoms with van der Waals surface area (Å²) in [7, 11) is 1.82. The quantitative estimate of drug-likeness (QED) is 0.848. The number of aromatic nitrogens is 1. The molecule has 0 saturated carbocycles. The maximum Gasteiger partial charge on any atom is 0.241 e. The number of likely N-dealkylation sites (tertiary alicyclic amines) is 1. The van der Waals surface area contributed by atoms with E-state index in [4.69, 9.17) is 0 Å². The number of carbonyl (C=O) groups excluding carboxylic acids is 1. The van der Waals surface area contributed by atoms with Crippen LogP contribution in [0.1, 0.15) is 19.3 Å². The Morgan fingerprint density at radius 3 is 2.72 bits per heavy atom. The summed E-state index contributed by atoms with van der Waals surface area (Å²) >= 11 is 0. The van der Waals surface area contributed by atoms with E-state index in [1.165, 1.54) is 6.42 Å². The normalized spacial score (nSPS) is 15.3. The molecule has 2 N–H and O–H groups in total. The highest BCUT2D eigenvalue weighted by atomic mass is 16.2. The highest BCUT2D eigenvalue weighted by molar-refractivity contribution is 5.80. The molecule has 1 fully saturated rings. The first-order valence-electron chi connectivity index (χ1n) is 6.46. The van der Waals surface area contributed by atoms with E-state index in [9.17, 15) is 4.79 Å². The standard InChI is InChI=1S/C13H20N4O/c1-14-11-6-5-7-12(16-11)15-10-13(18)17-8-3-2-4-9-17/h5-7H,2-4,8-10H2,1H3,(H2,14,15,16). The number of hydrogen-bond acceptors (Lipinski definition) is 4. The first-order valence-corrected chi connectivity index (χ1v) is 6.46. The van der Waals surface area contributed by atoms with E-state index in [0.29, 0.717) is 6.54 Å². The molecule has 5 heteroatoms. The van der Waals surface area contributed by atoms with Crippen molar-refractivity contribution in [3.8, 4) is 0 Å². The molecule has 0 atom stereocenters. The lowest BCUT2D eigenvalue weighted by atomic mass is 10.1. The lowest BCUT2D eigenvalue weighted by molar-refractivity contribution is -0.130. The topological polar surface area (TPSA) is 57.3 Å². The first-order chi connectivity index (χ1) is 8.79. The molecular formula is C13H20N4O. The van der Waals surface area contributed by atoms with Crippen LogP contribution < -0.4 is 10.6 Å². The van der Waals surface area contributed by atoms with Crippen molar-refractivity contribution in [2.45, 2.75) is 19.3 Å². The summed E-state index contributed by atoms with van der Waals surface area (Å²) in [5.41, 5.74) is 0. The van der Waals surface area contributed by atoms with E-state index in [0.717, 1.165) is 37.6 Å². The number of amides is 1. The van der Waals surface area contributed by atoms with Gasteiger partial charge in [0, 0.05) is 20.1 Å². The molecule has 5 nitrogen and oxygen atoms in total. The van der Waals surface area contributed by atoms with Gasteiger partial charge in [0.1, 0.15) is 11.6 Å². The van der Waals surface area contributed by atoms with E-state index in [-0.39, 0.29) is 5.91 Å². The molecule has 0 radical (unpaired) electrons. The number of nitrogens with one attached hydrogen (secondary N) is 2. The second-order valence-corrected chi connectivity index (χ2v) is 4.45. The Kier molecular flexibility index (Phi) is 4.39. The van der Waals surface area contributed by atoms with Crippen LogP contribution in [0.25, 0.3) is 0 Å². The molecule has 0 aromatic carbocycles. The van der Waals surface area contributed by atoms with E-state index in [1.807, 2.05) is 30.1 Å². The number of rotatable bonds is 4. The largest absolute Gasteiger partial charge is 0.373 e. The van der Waals surface area contributed by atoms with Gasteiger partial charge in [0.25, 0.3) is 0 Å². The summed E-state index contributed by atoms with van der Waals surface area (Å²) in [6.07, 6.45) is 3.49. The number of pyridine rings is 1. The maximum atomic E-state index is 11.9. The Morgan fingerprint density at radius 2 is 2.00 bits per heavy atom. The minimum Gasteiger partial charge on any atom is -0.373 e. The molecule has 98 valence electrons. The molecule has 0 spiro atoms. The minimum atomic E-state index is 0.159. The van der Waals surface area contributed by atoms with Crippen molar-refractivity contribution in [3.63, 3.8) is 0 Å². The van der Waals surface area contributed by atoms with E-state index in [2.05, 4.69) is 15.6 Å². The number of hydrogen-bond donors (Lipinski definition) is 2. The van der Waals surface area contributed by atoms with Crippen molar-refractivity contribution in [1.29, 1.82) is 0 Å². The molecule has 1 aliphatic rings. The highest BCUT2D eigenvalue weighted by Gasteiger charge is 2.15. The number of piperidine rings is 1. The van der Waals surface area contributed by atoms with E-state index in [1.54, 1.807) is 0 Å². The van der Waals surface area contributed by atoms with Crippen molar-refractivity contribution in [2.24, 2.45) is 0 Å². The average molecular weight is 248 g/mol. The SMILES string of the molecule is CNc1cccc(NCC(=O)N2CCCCC2)n1. The number of carbonyl (C=O) groups is 1. The molecule has 1 aromatic rings. The van der Waals surface area contributed by atoms with Crippen molar-refractivity contribution in [3.05, 3.63) is 18.2 Å². The molecule has 1 aromatic heterocycles. The minimum absolute atomic E-state index is 0.159. The Hall–Kier alpha value is -1.78. The fraction of sp³-hybridized carbons (Fsp3) is 0.538. The maximum absolute atomic E-state index is 11.9. The van der Waals surface area contributed by atoms with Gasteiger partial charge in [-0.1, -0.05) is 6.07 Å². The van der Waals surface area contributed by atoms with Crippen LogP contribution in [0.4, 0.5) is 11.6 Å². The van der Waals surface area contributed by atoms with Crippen LogP contribution in [-0.4, -0.2) is 42.5 Å². The van der Waals surface area contributed by atoms with Gasteiger partial charge in [-0.25, -0.2) is 4.98 Å². The van der Waals surface area contributed by atoms with Gasteiger partial charge in [-0.3, -0.25) is 4.79 Å². The lowest BCUT2D eigenvalue weighted by Crippen LogP contribution is -2.39. The first kappa shape index (κ1) is 12.7. The fourth-order valence-corrected chi connectivity index (χ4v) is 2.09. The van der Waals surface area contributed by atoms with Gasteiger partial charge in [0.05, 0.1) is 6.54 Å². The smallest absolute Gasteiger partial charge is 0.241 e. The van der Waals surface area contributed by atoms with Gasteiger partial charge in [0.15, 0.2) is 0 Å². The average Bonchev–Trinajstić information content (AvgIpc) is 2.46. The predicted octanol–water partition coefficient (Wildman–Crippen LogP) is 1.55. The predicted molar refractivity (Wildman–Crippen MR) is 72.7 cm³/mol. The molecule has 0 unspecified atom stereocenters. The van der Waals surface area contributed by atoms with Crippen molar-refractivity contribution >= 4 is 17.5 Å². The van der Waals surface area contributed by atoms with Crippen LogP contribution in [0, 0.1) is 0 Å². The fourth-order valence-electron chi connectivity index (χ4n) is 2.09. The van der Waals surface area contributed by atoms with Gasteiger partial charge in [0.2, 0.25) is 5.91 Å². The van der Waals surface area contributed by atoms with Crippen molar-refractivity contribution < 1.29 is 4.79 Å². The van der Waals surface area contributed by atoms with Crippen LogP contribution in [0.15, 0.2) is 18.2 Å². The zero-order chi connectivity index (χ0) is 12.8. The van der Waals surface area contributed by atoms with Crippen LogP contribution in [0.3, 0.4) is 0 Å². The summed E-state index contributed by atoms with van der Waals surface area (Å²) in [4.78, 5) is 18.2. The van der Waals surface area contributed by atoms with Gasteiger partial charge >= 0.3 is 0 Å². The molecule has 1 amide bonds. The molecule has 0 aliphatic carbocycles. The third-order valence-electron chi connectivity index (χ3n) is 3.13. The molecule has 1 aliphatic heterocycles. The second-order valence-electron chi connectivity index (χ2n) is 4.45. The molecule has 18 heavy (non-hydrogen) atoms. The second kappa shape index (κ2) is 6.23. The molecule has 0 bridgehead atoms. The van der Waals surface area contributed by atoms with Crippen molar-refractivity contribution in [2.75, 3.05) is 37.3 Å². The summed E-state index contributed by atoms with van der Waals surface area (Å²) in [5.74, 6) is 1.68. The Labute approximate surface area is 108 Å². The van der Waals surface area contributed by atoms with Gasteiger partial charge in [-0.2, -0.15) is 0 Å². The summed E-state index contributed by atoms with van der Waals surface area (Å²) in [5, 5.41) is 6.05. The lowest BCUT2D eigenvalue weighted by Gasteiger charge is -2.26. The van der Waals surface area contributed by atoms with E-state index >= 15 is 0 Å². The Bertz CT molecular complexity index is 402.